The number of nitrogens with two attached hydrogens (primary N) is 1. The molecular weight excluding hydrogens is 216 g/mol. The monoisotopic (exact) mass is 234 g/mol. The van der Waals surface area contributed by atoms with Gasteiger partial charge in [0.2, 0.25) is 5.91 Å². The molecule has 0 fully saturated rings. The number of allylic oxidation sites excluding steroid dienone is 4. The fraction of sp³-hybridized carbons (Fsp3) is 0.385. The van der Waals surface area contributed by atoms with Crippen LogP contribution in [-0.2, 0) is 9.59 Å². The summed E-state index contributed by atoms with van der Waals surface area (Å²) in [4.78, 5) is 21.6. The molecule has 0 aromatic rings. The summed E-state index contributed by atoms with van der Waals surface area (Å²) < 4.78 is 0. The number of hydrogen-bond donors (Lipinski definition) is 2. The average Bonchev–Trinajstić information content (AvgIpc) is 2.50. The number of nitrogens with one attached hydrogen (secondary N) is 1. The Bertz CT molecular complexity index is 368. The Morgan fingerprint density at radius 3 is 3.06 bits per heavy atom. The number of aldehydes is 1. The zero-order chi connectivity index (χ0) is 12.5. The molecule has 3 N–H and O–H groups in total. The number of carbonyl (C=O) groups is 2. The second-order valence-electron chi connectivity index (χ2n) is 3.93. The fourth-order valence-electron chi connectivity index (χ4n) is 1.46. The summed E-state index contributed by atoms with van der Waals surface area (Å²) in [7, 11) is 0. The van der Waals surface area contributed by atoms with Gasteiger partial charge in [0.25, 0.3) is 0 Å². The Labute approximate surface area is 101 Å². The summed E-state index contributed by atoms with van der Waals surface area (Å²) in [5.74, 6) is -0.0272. The molecule has 0 aromatic carbocycles. The summed E-state index contributed by atoms with van der Waals surface area (Å²) in [5, 5.41) is 2.77. The van der Waals surface area contributed by atoms with Gasteiger partial charge < -0.3 is 15.8 Å². The molecule has 0 aromatic heterocycles. The Kier molecular flexibility index (Phi) is 5.79. The van der Waals surface area contributed by atoms with E-state index in [9.17, 15) is 9.59 Å². The Hall–Kier alpha value is -1.84. The van der Waals surface area contributed by atoms with E-state index in [0.29, 0.717) is 25.8 Å². The number of unbranched alkanes of at least 4 members (excludes halogenated alkanes) is 1. The smallest absolute Gasteiger partial charge is 0.224 e. The van der Waals surface area contributed by atoms with E-state index in [1.54, 1.807) is 0 Å². The quantitative estimate of drug-likeness (QED) is 0.536. The van der Waals surface area contributed by atoms with Crippen molar-refractivity contribution < 1.29 is 9.59 Å². The number of amides is 1. The SMILES string of the molecule is NC1=CC=C(CC(=O)NCCCC=O)C=CC1. The Balaban J connectivity index is 2.33. The molecule has 0 aliphatic heterocycles. The summed E-state index contributed by atoms with van der Waals surface area (Å²) in [6.45, 7) is 0.548. The molecule has 0 heterocycles. The normalized spacial score (nSPS) is 14.6. The van der Waals surface area contributed by atoms with E-state index in [1.807, 2.05) is 24.3 Å². The van der Waals surface area contributed by atoms with Crippen molar-refractivity contribution in [3.05, 3.63) is 35.6 Å². The highest BCUT2D eigenvalue weighted by Crippen LogP contribution is 2.10. The van der Waals surface area contributed by atoms with E-state index in [0.717, 1.165) is 24.0 Å². The maximum atomic E-state index is 11.5. The highest BCUT2D eigenvalue weighted by atomic mass is 16.1. The molecule has 0 bridgehead atoms. The lowest BCUT2D eigenvalue weighted by Crippen LogP contribution is -2.24. The van der Waals surface area contributed by atoms with Crippen LogP contribution >= 0.6 is 0 Å². The van der Waals surface area contributed by atoms with Crippen molar-refractivity contribution in [1.82, 2.24) is 5.32 Å². The van der Waals surface area contributed by atoms with Crippen molar-refractivity contribution in [1.29, 1.82) is 0 Å². The molecule has 4 heteroatoms. The predicted octanol–water partition coefficient (Wildman–Crippen LogP) is 1.20. The minimum atomic E-state index is -0.0272. The molecule has 1 aliphatic carbocycles. The lowest BCUT2D eigenvalue weighted by molar-refractivity contribution is -0.120. The third kappa shape index (κ3) is 5.70. The zero-order valence-corrected chi connectivity index (χ0v) is 9.82. The maximum Gasteiger partial charge on any atom is 0.224 e. The van der Waals surface area contributed by atoms with Crippen LogP contribution in [0.1, 0.15) is 25.7 Å². The molecule has 0 unspecified atom stereocenters. The molecule has 0 saturated carbocycles. The highest BCUT2D eigenvalue weighted by molar-refractivity contribution is 5.79. The van der Waals surface area contributed by atoms with Crippen LogP contribution < -0.4 is 11.1 Å². The van der Waals surface area contributed by atoms with Crippen LogP contribution in [0.2, 0.25) is 0 Å². The van der Waals surface area contributed by atoms with Gasteiger partial charge in [0, 0.05) is 25.1 Å². The zero-order valence-electron chi connectivity index (χ0n) is 9.82. The van der Waals surface area contributed by atoms with Crippen molar-refractivity contribution in [2.45, 2.75) is 25.7 Å². The largest absolute Gasteiger partial charge is 0.402 e. The first-order valence-electron chi connectivity index (χ1n) is 5.74. The summed E-state index contributed by atoms with van der Waals surface area (Å²) in [5.41, 5.74) is 7.41. The first-order chi connectivity index (χ1) is 8.22. The van der Waals surface area contributed by atoms with Gasteiger partial charge >= 0.3 is 0 Å². The van der Waals surface area contributed by atoms with Crippen LogP contribution in [0.5, 0.6) is 0 Å². The van der Waals surface area contributed by atoms with Gasteiger partial charge in [-0.1, -0.05) is 18.2 Å². The Morgan fingerprint density at radius 2 is 2.29 bits per heavy atom. The third-order valence-electron chi connectivity index (χ3n) is 2.38. The minimum Gasteiger partial charge on any atom is -0.402 e. The van der Waals surface area contributed by atoms with Gasteiger partial charge in [0.15, 0.2) is 0 Å². The van der Waals surface area contributed by atoms with Crippen LogP contribution in [0, 0.1) is 0 Å². The van der Waals surface area contributed by atoms with Crippen molar-refractivity contribution >= 4 is 12.2 Å². The standard InChI is InChI=1S/C13H18N2O2/c14-12-5-3-4-11(6-7-12)10-13(17)15-8-1-2-9-16/h3-4,6-7,9H,1-2,5,8,10,14H2,(H,15,17). The van der Waals surface area contributed by atoms with E-state index in [1.165, 1.54) is 0 Å². The topological polar surface area (TPSA) is 72.2 Å². The molecule has 0 saturated heterocycles. The van der Waals surface area contributed by atoms with Crippen LogP contribution in [0.3, 0.4) is 0 Å². The molecule has 0 spiro atoms. The lowest BCUT2D eigenvalue weighted by Gasteiger charge is -2.03. The number of carbonyl (C=O) groups excluding carboxylic acids is 2. The molecule has 1 amide bonds. The molecule has 17 heavy (non-hydrogen) atoms. The van der Waals surface area contributed by atoms with E-state index < -0.39 is 0 Å². The van der Waals surface area contributed by atoms with Gasteiger partial charge in [0.1, 0.15) is 6.29 Å². The van der Waals surface area contributed by atoms with E-state index in [-0.39, 0.29) is 5.91 Å². The molecule has 92 valence electrons. The second-order valence-corrected chi connectivity index (χ2v) is 3.93. The van der Waals surface area contributed by atoms with Gasteiger partial charge in [-0.2, -0.15) is 0 Å². The molecular formula is C13H18N2O2. The van der Waals surface area contributed by atoms with Crippen molar-refractivity contribution in [2.75, 3.05) is 6.54 Å². The first-order valence-corrected chi connectivity index (χ1v) is 5.74. The van der Waals surface area contributed by atoms with E-state index >= 15 is 0 Å². The summed E-state index contributed by atoms with van der Waals surface area (Å²) >= 11 is 0. The minimum absolute atomic E-state index is 0.0272. The second kappa shape index (κ2) is 7.44. The van der Waals surface area contributed by atoms with Gasteiger partial charge in [-0.3, -0.25) is 4.79 Å². The highest BCUT2D eigenvalue weighted by Gasteiger charge is 2.04. The fourth-order valence-corrected chi connectivity index (χ4v) is 1.46. The first kappa shape index (κ1) is 13.2. The van der Waals surface area contributed by atoms with Gasteiger partial charge in [-0.05, 0) is 18.1 Å². The van der Waals surface area contributed by atoms with Crippen LogP contribution in [-0.4, -0.2) is 18.7 Å². The number of hydrogen-bond acceptors (Lipinski definition) is 3. The van der Waals surface area contributed by atoms with Crippen molar-refractivity contribution in [3.63, 3.8) is 0 Å². The lowest BCUT2D eigenvalue weighted by atomic mass is 10.1. The van der Waals surface area contributed by atoms with Crippen LogP contribution in [0.25, 0.3) is 0 Å². The van der Waals surface area contributed by atoms with Gasteiger partial charge in [-0.15, -0.1) is 0 Å². The van der Waals surface area contributed by atoms with Crippen LogP contribution in [0.15, 0.2) is 35.6 Å². The number of rotatable bonds is 6. The van der Waals surface area contributed by atoms with Crippen molar-refractivity contribution in [2.24, 2.45) is 5.73 Å². The van der Waals surface area contributed by atoms with Crippen molar-refractivity contribution in [3.8, 4) is 0 Å². The predicted molar refractivity (Wildman–Crippen MR) is 67.0 cm³/mol. The summed E-state index contributed by atoms with van der Waals surface area (Å²) in [6, 6.07) is 0. The average molecular weight is 234 g/mol. The van der Waals surface area contributed by atoms with Gasteiger partial charge in [0.05, 0.1) is 6.42 Å². The van der Waals surface area contributed by atoms with E-state index in [4.69, 9.17) is 5.73 Å². The molecule has 4 nitrogen and oxygen atoms in total. The Morgan fingerprint density at radius 1 is 1.47 bits per heavy atom. The third-order valence-corrected chi connectivity index (χ3v) is 2.38. The molecule has 0 radical (unpaired) electrons. The molecule has 0 atom stereocenters. The van der Waals surface area contributed by atoms with Gasteiger partial charge in [-0.25, -0.2) is 0 Å². The molecule has 1 rings (SSSR count). The molecule has 1 aliphatic rings. The summed E-state index contributed by atoms with van der Waals surface area (Å²) in [6.07, 6.45) is 10.7. The maximum absolute atomic E-state index is 11.5. The van der Waals surface area contributed by atoms with Crippen LogP contribution in [0.4, 0.5) is 0 Å². The van der Waals surface area contributed by atoms with E-state index in [2.05, 4.69) is 5.32 Å².